The van der Waals surface area contributed by atoms with E-state index < -0.39 is 0 Å². The van der Waals surface area contributed by atoms with Crippen molar-refractivity contribution in [3.63, 3.8) is 0 Å². The molecule has 5 heteroatoms. The summed E-state index contributed by atoms with van der Waals surface area (Å²) in [6.45, 7) is 2.57. The number of rotatable bonds is 5. The summed E-state index contributed by atoms with van der Waals surface area (Å²) in [6.07, 6.45) is 0. The Kier molecular flexibility index (Phi) is 6.00. The Bertz CT molecular complexity index is 691. The molecule has 25 heavy (non-hydrogen) atoms. The zero-order valence-corrected chi connectivity index (χ0v) is 15.5. The predicted molar refractivity (Wildman–Crippen MR) is 102 cm³/mol. The second-order valence-corrected chi connectivity index (χ2v) is 7.29. The standard InChI is InChI=1S/C20H24N2O2S/c1-21-12-13-22(19(14-21)16-6-4-3-5-7-16)20(23)15-25-18-10-8-17(24-2)9-11-18/h3-11,19H,12-15H2,1-2H3. The lowest BCUT2D eigenvalue weighted by Crippen LogP contribution is -2.49. The second kappa shape index (κ2) is 8.41. The van der Waals surface area contributed by atoms with E-state index in [0.29, 0.717) is 5.75 Å². The van der Waals surface area contributed by atoms with E-state index in [-0.39, 0.29) is 11.9 Å². The molecule has 1 aliphatic rings. The second-order valence-electron chi connectivity index (χ2n) is 6.24. The molecule has 2 aromatic rings. The Morgan fingerprint density at radius 2 is 1.84 bits per heavy atom. The molecular weight excluding hydrogens is 332 g/mol. The predicted octanol–water partition coefficient (Wildman–Crippen LogP) is 3.30. The third-order valence-electron chi connectivity index (χ3n) is 4.51. The molecule has 0 saturated carbocycles. The first kappa shape index (κ1) is 17.8. The minimum absolute atomic E-state index is 0.129. The molecule has 1 aliphatic heterocycles. The fourth-order valence-corrected chi connectivity index (χ4v) is 3.86. The Labute approximate surface area is 153 Å². The monoisotopic (exact) mass is 356 g/mol. The molecule has 0 radical (unpaired) electrons. The number of piperazine rings is 1. The summed E-state index contributed by atoms with van der Waals surface area (Å²) in [5, 5.41) is 0. The maximum Gasteiger partial charge on any atom is 0.233 e. The molecule has 1 atom stereocenters. The Hall–Kier alpha value is -1.98. The highest BCUT2D eigenvalue weighted by molar-refractivity contribution is 8.00. The lowest BCUT2D eigenvalue weighted by molar-refractivity contribution is -0.133. The number of nitrogens with zero attached hydrogens (tertiary/aromatic N) is 2. The van der Waals surface area contributed by atoms with Crippen molar-refractivity contribution in [3.05, 3.63) is 60.2 Å². The van der Waals surface area contributed by atoms with Gasteiger partial charge in [0.25, 0.3) is 0 Å². The number of methoxy groups -OCH3 is 1. The molecule has 1 heterocycles. The molecule has 0 aromatic heterocycles. The topological polar surface area (TPSA) is 32.8 Å². The first-order chi connectivity index (χ1) is 12.2. The van der Waals surface area contributed by atoms with Crippen molar-refractivity contribution in [1.29, 1.82) is 0 Å². The fourth-order valence-electron chi connectivity index (χ4n) is 3.08. The van der Waals surface area contributed by atoms with E-state index in [1.54, 1.807) is 18.9 Å². The highest BCUT2D eigenvalue weighted by atomic mass is 32.2. The van der Waals surface area contributed by atoms with E-state index in [9.17, 15) is 4.79 Å². The number of ether oxygens (including phenoxy) is 1. The minimum Gasteiger partial charge on any atom is -0.497 e. The summed E-state index contributed by atoms with van der Waals surface area (Å²) in [4.78, 5) is 18.3. The summed E-state index contributed by atoms with van der Waals surface area (Å²) in [5.41, 5.74) is 1.21. The van der Waals surface area contributed by atoms with Crippen LogP contribution in [0.2, 0.25) is 0 Å². The van der Waals surface area contributed by atoms with Gasteiger partial charge in [-0.2, -0.15) is 0 Å². The molecule has 3 rings (SSSR count). The zero-order valence-electron chi connectivity index (χ0n) is 14.7. The molecule has 1 fully saturated rings. The first-order valence-electron chi connectivity index (χ1n) is 8.47. The summed E-state index contributed by atoms with van der Waals surface area (Å²) in [7, 11) is 3.77. The summed E-state index contributed by atoms with van der Waals surface area (Å²) >= 11 is 1.58. The van der Waals surface area contributed by atoms with Gasteiger partial charge in [0.1, 0.15) is 5.75 Å². The van der Waals surface area contributed by atoms with E-state index >= 15 is 0 Å². The lowest BCUT2D eigenvalue weighted by atomic mass is 10.0. The van der Waals surface area contributed by atoms with Crippen LogP contribution in [0, 0.1) is 0 Å². The van der Waals surface area contributed by atoms with Crippen LogP contribution in [-0.4, -0.2) is 55.3 Å². The summed E-state index contributed by atoms with van der Waals surface area (Å²) < 4.78 is 5.17. The van der Waals surface area contributed by atoms with E-state index in [1.807, 2.05) is 47.4 Å². The third-order valence-corrected chi connectivity index (χ3v) is 5.51. The lowest BCUT2D eigenvalue weighted by Gasteiger charge is -2.40. The average molecular weight is 356 g/mol. The van der Waals surface area contributed by atoms with Gasteiger partial charge in [-0.05, 0) is 36.9 Å². The summed E-state index contributed by atoms with van der Waals surface area (Å²) in [6, 6.07) is 18.3. The Morgan fingerprint density at radius 3 is 2.52 bits per heavy atom. The van der Waals surface area contributed by atoms with Crippen molar-refractivity contribution in [2.75, 3.05) is 39.5 Å². The van der Waals surface area contributed by atoms with Crippen LogP contribution in [0.15, 0.2) is 59.5 Å². The van der Waals surface area contributed by atoms with Crippen molar-refractivity contribution in [1.82, 2.24) is 9.80 Å². The molecule has 0 spiro atoms. The highest BCUT2D eigenvalue weighted by Gasteiger charge is 2.29. The van der Waals surface area contributed by atoms with Crippen LogP contribution in [0.1, 0.15) is 11.6 Å². The molecule has 0 N–H and O–H groups in total. The quantitative estimate of drug-likeness (QED) is 0.770. The van der Waals surface area contributed by atoms with Crippen molar-refractivity contribution >= 4 is 17.7 Å². The van der Waals surface area contributed by atoms with Crippen LogP contribution >= 0.6 is 11.8 Å². The number of thioether (sulfide) groups is 1. The molecule has 132 valence electrons. The number of hydrogen-bond acceptors (Lipinski definition) is 4. The third kappa shape index (κ3) is 4.55. The van der Waals surface area contributed by atoms with Crippen LogP contribution in [0.25, 0.3) is 0 Å². The minimum atomic E-state index is 0.129. The van der Waals surface area contributed by atoms with E-state index in [0.717, 1.165) is 30.3 Å². The van der Waals surface area contributed by atoms with Crippen LogP contribution in [0.3, 0.4) is 0 Å². The van der Waals surface area contributed by atoms with E-state index in [4.69, 9.17) is 4.74 Å². The van der Waals surface area contributed by atoms with Crippen LogP contribution in [0.4, 0.5) is 0 Å². The smallest absolute Gasteiger partial charge is 0.233 e. The number of benzene rings is 2. The van der Waals surface area contributed by atoms with Gasteiger partial charge >= 0.3 is 0 Å². The largest absolute Gasteiger partial charge is 0.497 e. The van der Waals surface area contributed by atoms with Gasteiger partial charge in [-0.1, -0.05) is 30.3 Å². The van der Waals surface area contributed by atoms with E-state index in [1.165, 1.54) is 5.56 Å². The number of likely N-dealkylation sites (N-methyl/N-ethyl adjacent to an activating group) is 1. The van der Waals surface area contributed by atoms with Crippen LogP contribution in [-0.2, 0) is 4.79 Å². The summed E-state index contributed by atoms with van der Waals surface area (Å²) in [5.74, 6) is 1.49. The number of amides is 1. The van der Waals surface area contributed by atoms with Gasteiger partial charge in [0.15, 0.2) is 0 Å². The van der Waals surface area contributed by atoms with Crippen molar-refractivity contribution in [2.45, 2.75) is 10.9 Å². The van der Waals surface area contributed by atoms with Gasteiger partial charge in [0, 0.05) is 24.5 Å². The zero-order chi connectivity index (χ0) is 17.6. The van der Waals surface area contributed by atoms with Gasteiger partial charge in [0.2, 0.25) is 5.91 Å². The Morgan fingerprint density at radius 1 is 1.12 bits per heavy atom. The van der Waals surface area contributed by atoms with Gasteiger partial charge in [-0.3, -0.25) is 4.79 Å². The SMILES string of the molecule is COc1ccc(SCC(=O)N2CCN(C)CC2c2ccccc2)cc1. The molecule has 0 aliphatic carbocycles. The number of carbonyl (C=O) groups is 1. The normalized spacial score (nSPS) is 18.2. The molecule has 1 amide bonds. The van der Waals surface area contributed by atoms with Gasteiger partial charge in [-0.15, -0.1) is 11.8 Å². The molecule has 0 bridgehead atoms. The van der Waals surface area contributed by atoms with Crippen molar-refractivity contribution in [2.24, 2.45) is 0 Å². The van der Waals surface area contributed by atoms with E-state index in [2.05, 4.69) is 24.1 Å². The first-order valence-corrected chi connectivity index (χ1v) is 9.46. The highest BCUT2D eigenvalue weighted by Crippen LogP contribution is 2.27. The van der Waals surface area contributed by atoms with Gasteiger partial charge in [-0.25, -0.2) is 0 Å². The van der Waals surface area contributed by atoms with Crippen LogP contribution in [0.5, 0.6) is 5.75 Å². The molecular formula is C20H24N2O2S. The van der Waals surface area contributed by atoms with Gasteiger partial charge < -0.3 is 14.5 Å². The average Bonchev–Trinajstić information content (AvgIpc) is 2.67. The molecule has 2 aromatic carbocycles. The molecule has 1 saturated heterocycles. The maximum absolute atomic E-state index is 12.8. The number of hydrogen-bond donors (Lipinski definition) is 0. The van der Waals surface area contributed by atoms with Crippen molar-refractivity contribution < 1.29 is 9.53 Å². The molecule has 4 nitrogen and oxygen atoms in total. The van der Waals surface area contributed by atoms with Crippen LogP contribution < -0.4 is 4.74 Å². The fraction of sp³-hybridized carbons (Fsp3) is 0.350. The van der Waals surface area contributed by atoms with Crippen molar-refractivity contribution in [3.8, 4) is 5.75 Å². The molecule has 1 unspecified atom stereocenters. The Balaban J connectivity index is 1.66. The number of carbonyl (C=O) groups excluding carboxylic acids is 1. The van der Waals surface area contributed by atoms with Gasteiger partial charge in [0.05, 0.1) is 18.9 Å². The maximum atomic E-state index is 12.8.